The first-order valence-electron chi connectivity index (χ1n) is 12.6. The van der Waals surface area contributed by atoms with Gasteiger partial charge in [-0.25, -0.2) is 5.43 Å². The van der Waals surface area contributed by atoms with Crippen molar-refractivity contribution in [1.82, 2.24) is 21.2 Å². The molecule has 1 amide bonds. The Balaban J connectivity index is 1.45. The molecule has 3 N–H and O–H groups in total. The number of rotatable bonds is 10. The molecule has 0 saturated carbocycles. The molecule has 1 aliphatic heterocycles. The molecule has 2 heterocycles. The number of nitrogens with one attached hydrogen (secondary N) is 3. The Morgan fingerprint density at radius 2 is 1.84 bits per heavy atom. The van der Waals surface area contributed by atoms with Crippen molar-refractivity contribution < 1.29 is 4.79 Å². The number of amides is 1. The molecular weight excluding hydrogens is 478 g/mol. The van der Waals surface area contributed by atoms with Gasteiger partial charge in [0.25, 0.3) is 0 Å². The largest absolute Gasteiger partial charge is 0.366 e. The number of thioether (sulfide) groups is 1. The predicted octanol–water partition coefficient (Wildman–Crippen LogP) is 5.40. The Morgan fingerprint density at radius 1 is 1.03 bits per heavy atom. The summed E-state index contributed by atoms with van der Waals surface area (Å²) in [5.74, 6) is 0.520. The summed E-state index contributed by atoms with van der Waals surface area (Å²) in [5.41, 5.74) is 10.4. The van der Waals surface area contributed by atoms with Gasteiger partial charge in [0.1, 0.15) is 5.84 Å². The fourth-order valence-electron chi connectivity index (χ4n) is 3.92. The highest BCUT2D eigenvalue weighted by atomic mass is 32.2. The zero-order valence-corrected chi connectivity index (χ0v) is 21.9. The van der Waals surface area contributed by atoms with Gasteiger partial charge >= 0.3 is 0 Å². The monoisotopic (exact) mass is 511 g/mol. The van der Waals surface area contributed by atoms with Crippen LogP contribution in [0, 0.1) is 5.92 Å². The molecular formula is C30H33N5OS. The van der Waals surface area contributed by atoms with Gasteiger partial charge in [0.15, 0.2) is 0 Å². The average molecular weight is 512 g/mol. The molecule has 1 aliphatic rings. The second-order valence-electron chi connectivity index (χ2n) is 8.75. The number of pyridine rings is 1. The molecule has 190 valence electrons. The molecule has 1 unspecified atom stereocenters. The number of fused-ring (bicyclic) bond motifs is 1. The van der Waals surface area contributed by atoms with Crippen LogP contribution in [0.1, 0.15) is 36.5 Å². The molecule has 0 fully saturated rings. The van der Waals surface area contributed by atoms with E-state index in [1.165, 1.54) is 0 Å². The summed E-state index contributed by atoms with van der Waals surface area (Å²) in [5, 5.41) is 5.65. The van der Waals surface area contributed by atoms with E-state index in [1.807, 2.05) is 66.9 Å². The first-order chi connectivity index (χ1) is 18.2. The highest BCUT2D eigenvalue weighted by molar-refractivity contribution is 8.02. The van der Waals surface area contributed by atoms with Crippen LogP contribution in [-0.2, 0) is 17.9 Å². The summed E-state index contributed by atoms with van der Waals surface area (Å²) >= 11 is 1.68. The number of aliphatic imine (C=N–C) groups is 1. The lowest BCUT2D eigenvalue weighted by Crippen LogP contribution is -2.40. The van der Waals surface area contributed by atoms with Crippen molar-refractivity contribution in [2.45, 2.75) is 37.8 Å². The molecule has 0 saturated heterocycles. The number of carbonyl (C=O) groups is 1. The Labute approximate surface area is 223 Å². The zero-order valence-electron chi connectivity index (χ0n) is 21.1. The average Bonchev–Trinajstić information content (AvgIpc) is 2.93. The maximum atomic E-state index is 13.1. The number of allylic oxidation sites excluding steroid dienone is 1. The van der Waals surface area contributed by atoms with Gasteiger partial charge in [-0.2, -0.15) is 0 Å². The minimum atomic E-state index is -0.285. The minimum Gasteiger partial charge on any atom is -0.366 e. The van der Waals surface area contributed by atoms with Crippen molar-refractivity contribution in [2.75, 3.05) is 6.54 Å². The molecule has 37 heavy (non-hydrogen) atoms. The van der Waals surface area contributed by atoms with Crippen molar-refractivity contribution in [3.63, 3.8) is 0 Å². The maximum absolute atomic E-state index is 13.1. The molecule has 4 rings (SSSR count). The van der Waals surface area contributed by atoms with Crippen LogP contribution >= 0.6 is 11.8 Å². The van der Waals surface area contributed by atoms with Crippen LogP contribution in [-0.4, -0.2) is 23.3 Å². The van der Waals surface area contributed by atoms with E-state index in [4.69, 9.17) is 4.99 Å². The number of carbonyl (C=O) groups excluding carboxylic acids is 1. The van der Waals surface area contributed by atoms with Gasteiger partial charge in [0, 0.05) is 35.9 Å². The summed E-state index contributed by atoms with van der Waals surface area (Å²) in [7, 11) is 0. The van der Waals surface area contributed by atoms with E-state index in [1.54, 1.807) is 18.0 Å². The van der Waals surface area contributed by atoms with Crippen molar-refractivity contribution >= 4 is 23.5 Å². The standard InChI is InChI=1S/C30H33N5OS/c1-2-3-13-26(30(36)35-34-21-23-10-5-4-6-11-23)17-25-20-33-29(32-19-24-12-9-16-31-18-24)27-14-7-8-15-28(27)37-22-25/h3-16,18,22,26,34H,2,17,19-21H2,1H3,(H,32,33)(H,35,36)/b13-3-,25-22-. The molecule has 0 radical (unpaired) electrons. The van der Waals surface area contributed by atoms with E-state index < -0.39 is 0 Å². The van der Waals surface area contributed by atoms with Gasteiger partial charge in [-0.1, -0.05) is 85.4 Å². The highest BCUT2D eigenvalue weighted by Crippen LogP contribution is 2.29. The number of hydrogen-bond donors (Lipinski definition) is 3. The Kier molecular flexibility index (Phi) is 10.1. The summed E-state index contributed by atoms with van der Waals surface area (Å²) in [6, 6.07) is 22.3. The molecule has 7 heteroatoms. The van der Waals surface area contributed by atoms with E-state index in [0.717, 1.165) is 39.4 Å². The summed E-state index contributed by atoms with van der Waals surface area (Å²) in [6.45, 7) is 3.81. The zero-order chi connectivity index (χ0) is 25.7. The molecule has 1 atom stereocenters. The van der Waals surface area contributed by atoms with Gasteiger partial charge in [-0.3, -0.25) is 20.2 Å². The van der Waals surface area contributed by atoms with E-state index in [9.17, 15) is 4.79 Å². The fourth-order valence-corrected chi connectivity index (χ4v) is 4.83. The fraction of sp³-hybridized carbons (Fsp3) is 0.233. The Bertz CT molecular complexity index is 1240. The lowest BCUT2D eigenvalue weighted by atomic mass is 9.98. The maximum Gasteiger partial charge on any atom is 0.241 e. The van der Waals surface area contributed by atoms with Gasteiger partial charge in [-0.15, -0.1) is 0 Å². The first-order valence-corrected chi connectivity index (χ1v) is 13.5. The smallest absolute Gasteiger partial charge is 0.241 e. The molecule has 0 spiro atoms. The number of aromatic nitrogens is 1. The summed E-state index contributed by atoms with van der Waals surface area (Å²) in [4.78, 5) is 23.4. The van der Waals surface area contributed by atoms with E-state index >= 15 is 0 Å². The number of hydrogen-bond acceptors (Lipinski definition) is 6. The number of benzene rings is 2. The lowest BCUT2D eigenvalue weighted by Gasteiger charge is -2.19. The van der Waals surface area contributed by atoms with Crippen LogP contribution in [0.4, 0.5) is 0 Å². The van der Waals surface area contributed by atoms with Crippen molar-refractivity contribution in [2.24, 2.45) is 10.9 Å². The van der Waals surface area contributed by atoms with Crippen LogP contribution in [0.15, 0.2) is 112 Å². The third-order valence-electron chi connectivity index (χ3n) is 5.89. The highest BCUT2D eigenvalue weighted by Gasteiger charge is 2.19. The van der Waals surface area contributed by atoms with E-state index in [2.05, 4.69) is 51.7 Å². The lowest BCUT2D eigenvalue weighted by molar-refractivity contribution is -0.124. The first kappa shape index (κ1) is 26.4. The van der Waals surface area contributed by atoms with Crippen LogP contribution in [0.25, 0.3) is 0 Å². The molecule has 2 aromatic carbocycles. The van der Waals surface area contributed by atoms with Crippen LogP contribution in [0.3, 0.4) is 0 Å². The minimum absolute atomic E-state index is 0.0482. The molecule has 6 nitrogen and oxygen atoms in total. The quantitative estimate of drug-likeness (QED) is 0.251. The SMILES string of the molecule is CC/C=C\C(C/C1=C/Sc2ccccc2C(NCc2cccnc2)=NC1)C(=O)NNCc1ccccc1. The normalized spacial score (nSPS) is 15.5. The van der Waals surface area contributed by atoms with E-state index in [-0.39, 0.29) is 11.8 Å². The third kappa shape index (κ3) is 8.17. The Hall–Kier alpha value is -3.68. The molecule has 3 aromatic rings. The third-order valence-corrected chi connectivity index (χ3v) is 6.95. The van der Waals surface area contributed by atoms with Crippen LogP contribution in [0.5, 0.6) is 0 Å². The van der Waals surface area contributed by atoms with Crippen molar-refractivity contribution in [1.29, 1.82) is 0 Å². The van der Waals surface area contributed by atoms with Gasteiger partial charge in [0.2, 0.25) is 5.91 Å². The molecule has 0 aliphatic carbocycles. The number of nitrogens with zero attached hydrogens (tertiary/aromatic N) is 2. The summed E-state index contributed by atoms with van der Waals surface area (Å²) in [6.07, 6.45) is 9.17. The van der Waals surface area contributed by atoms with Crippen molar-refractivity contribution in [3.05, 3.63) is 119 Å². The Morgan fingerprint density at radius 3 is 2.65 bits per heavy atom. The van der Waals surface area contributed by atoms with Crippen LogP contribution < -0.4 is 16.2 Å². The predicted molar refractivity (Wildman–Crippen MR) is 152 cm³/mol. The second kappa shape index (κ2) is 14.2. The summed E-state index contributed by atoms with van der Waals surface area (Å²) < 4.78 is 0. The van der Waals surface area contributed by atoms with Gasteiger partial charge in [0.05, 0.1) is 12.5 Å². The van der Waals surface area contributed by atoms with Gasteiger partial charge < -0.3 is 5.32 Å². The topological polar surface area (TPSA) is 78.4 Å². The molecule has 0 bridgehead atoms. The van der Waals surface area contributed by atoms with Gasteiger partial charge in [-0.05, 0) is 47.1 Å². The molecule has 1 aromatic heterocycles. The number of amidine groups is 1. The second-order valence-corrected chi connectivity index (χ2v) is 9.66. The van der Waals surface area contributed by atoms with E-state index in [0.29, 0.717) is 26.1 Å². The number of hydrazine groups is 1. The van der Waals surface area contributed by atoms with Crippen molar-refractivity contribution in [3.8, 4) is 0 Å². The van der Waals surface area contributed by atoms with Crippen LogP contribution in [0.2, 0.25) is 0 Å².